The van der Waals surface area contributed by atoms with E-state index in [0.29, 0.717) is 24.6 Å². The van der Waals surface area contributed by atoms with Gasteiger partial charge in [-0.05, 0) is 18.6 Å². The Bertz CT molecular complexity index is 451. The van der Waals surface area contributed by atoms with Crippen molar-refractivity contribution in [3.63, 3.8) is 0 Å². The molecule has 5 nitrogen and oxygen atoms in total. The van der Waals surface area contributed by atoms with Crippen LogP contribution >= 0.6 is 0 Å². The van der Waals surface area contributed by atoms with Gasteiger partial charge in [-0.3, -0.25) is 9.00 Å². The lowest BCUT2D eigenvalue weighted by Crippen LogP contribution is -2.31. The van der Waals surface area contributed by atoms with Gasteiger partial charge in [-0.15, -0.1) is 0 Å². The van der Waals surface area contributed by atoms with Crippen molar-refractivity contribution in [2.24, 2.45) is 5.73 Å². The molecule has 0 saturated heterocycles. The maximum atomic E-state index is 12.0. The molecule has 2 atom stereocenters. The van der Waals surface area contributed by atoms with Gasteiger partial charge in [0, 0.05) is 35.9 Å². The standard InChI is InChI=1S/C13H20N2O3S/c1-10(19(17)8-7-18-2)13(16)15-12-6-4-3-5-11(12)9-14/h3-6,10H,7-9,14H2,1-2H3,(H,15,16). The van der Waals surface area contributed by atoms with Gasteiger partial charge in [0.2, 0.25) is 5.91 Å². The topological polar surface area (TPSA) is 81.4 Å². The van der Waals surface area contributed by atoms with Crippen LogP contribution in [0, 0.1) is 0 Å². The number of hydrogen-bond donors (Lipinski definition) is 2. The summed E-state index contributed by atoms with van der Waals surface area (Å²) < 4.78 is 16.7. The van der Waals surface area contributed by atoms with Gasteiger partial charge >= 0.3 is 0 Å². The summed E-state index contributed by atoms with van der Waals surface area (Å²) in [4.78, 5) is 12.0. The molecule has 1 rings (SSSR count). The van der Waals surface area contributed by atoms with Crippen LogP contribution in [0.15, 0.2) is 24.3 Å². The molecule has 1 aromatic carbocycles. The van der Waals surface area contributed by atoms with Gasteiger partial charge < -0.3 is 15.8 Å². The Morgan fingerprint density at radius 2 is 2.16 bits per heavy atom. The van der Waals surface area contributed by atoms with Gasteiger partial charge in [-0.1, -0.05) is 18.2 Å². The fourth-order valence-electron chi connectivity index (χ4n) is 1.52. The molecule has 0 aromatic heterocycles. The van der Waals surface area contributed by atoms with E-state index in [-0.39, 0.29) is 5.91 Å². The van der Waals surface area contributed by atoms with Crippen LogP contribution in [0.1, 0.15) is 12.5 Å². The van der Waals surface area contributed by atoms with Gasteiger partial charge in [-0.2, -0.15) is 0 Å². The van der Waals surface area contributed by atoms with Crippen LogP contribution in [-0.2, 0) is 26.9 Å². The minimum absolute atomic E-state index is 0.268. The number of ether oxygens (including phenoxy) is 1. The first-order valence-electron chi connectivity index (χ1n) is 6.05. The van der Waals surface area contributed by atoms with E-state index in [1.165, 1.54) is 0 Å². The molecule has 0 heterocycles. The molecule has 0 spiro atoms. The van der Waals surface area contributed by atoms with Crippen LogP contribution in [0.4, 0.5) is 5.69 Å². The van der Waals surface area contributed by atoms with Crippen molar-refractivity contribution < 1.29 is 13.7 Å². The summed E-state index contributed by atoms with van der Waals surface area (Å²) in [5, 5.41) is 2.18. The van der Waals surface area contributed by atoms with Gasteiger partial charge in [0.25, 0.3) is 0 Å². The Kier molecular flexibility index (Phi) is 6.69. The molecule has 0 aliphatic carbocycles. The van der Waals surface area contributed by atoms with E-state index < -0.39 is 16.0 Å². The molecular weight excluding hydrogens is 264 g/mol. The smallest absolute Gasteiger partial charge is 0.239 e. The molecule has 1 aromatic rings. The monoisotopic (exact) mass is 284 g/mol. The van der Waals surface area contributed by atoms with Crippen molar-refractivity contribution in [2.45, 2.75) is 18.7 Å². The quantitative estimate of drug-likeness (QED) is 0.778. The number of anilines is 1. The minimum atomic E-state index is -1.25. The minimum Gasteiger partial charge on any atom is -0.384 e. The van der Waals surface area contributed by atoms with E-state index in [9.17, 15) is 9.00 Å². The van der Waals surface area contributed by atoms with Crippen LogP contribution in [-0.4, -0.2) is 34.8 Å². The van der Waals surface area contributed by atoms with Gasteiger partial charge in [0.05, 0.1) is 6.61 Å². The van der Waals surface area contributed by atoms with Crippen LogP contribution < -0.4 is 11.1 Å². The predicted molar refractivity (Wildman–Crippen MR) is 77.3 cm³/mol. The SMILES string of the molecule is COCCS(=O)C(C)C(=O)Nc1ccccc1CN. The highest BCUT2D eigenvalue weighted by Gasteiger charge is 2.20. The van der Waals surface area contributed by atoms with E-state index in [2.05, 4.69) is 5.32 Å². The molecule has 0 aliphatic rings. The van der Waals surface area contributed by atoms with E-state index >= 15 is 0 Å². The summed E-state index contributed by atoms with van der Waals surface area (Å²) in [5.41, 5.74) is 7.12. The molecule has 19 heavy (non-hydrogen) atoms. The lowest BCUT2D eigenvalue weighted by molar-refractivity contribution is -0.115. The average molecular weight is 284 g/mol. The van der Waals surface area contributed by atoms with Crippen molar-refractivity contribution in [3.8, 4) is 0 Å². The van der Waals surface area contributed by atoms with Crippen molar-refractivity contribution in [2.75, 3.05) is 24.8 Å². The lowest BCUT2D eigenvalue weighted by Gasteiger charge is -2.14. The number of nitrogens with one attached hydrogen (secondary N) is 1. The van der Waals surface area contributed by atoms with E-state index in [4.69, 9.17) is 10.5 Å². The molecule has 0 fully saturated rings. The molecule has 0 saturated carbocycles. The van der Waals surface area contributed by atoms with Crippen LogP contribution in [0.2, 0.25) is 0 Å². The second-order valence-corrected chi connectivity index (χ2v) is 5.95. The Morgan fingerprint density at radius 1 is 1.47 bits per heavy atom. The van der Waals surface area contributed by atoms with Crippen molar-refractivity contribution >= 4 is 22.4 Å². The number of hydrogen-bond acceptors (Lipinski definition) is 4. The zero-order valence-corrected chi connectivity index (χ0v) is 12.0. The zero-order valence-electron chi connectivity index (χ0n) is 11.2. The number of benzene rings is 1. The highest BCUT2D eigenvalue weighted by molar-refractivity contribution is 7.86. The number of rotatable bonds is 7. The Morgan fingerprint density at radius 3 is 2.79 bits per heavy atom. The summed E-state index contributed by atoms with van der Waals surface area (Å²) >= 11 is 0. The predicted octanol–water partition coefficient (Wildman–Crippen LogP) is 0.867. The Labute approximate surface area is 116 Å². The third-order valence-electron chi connectivity index (χ3n) is 2.75. The molecular formula is C13H20N2O3S. The Hall–Kier alpha value is -1.24. The van der Waals surface area contributed by atoms with Crippen molar-refractivity contribution in [1.29, 1.82) is 0 Å². The summed E-state index contributed by atoms with van der Waals surface area (Å²) in [6.45, 7) is 2.37. The molecule has 6 heteroatoms. The fraction of sp³-hybridized carbons (Fsp3) is 0.462. The molecule has 2 unspecified atom stereocenters. The summed E-state index contributed by atoms with van der Waals surface area (Å²) in [5.74, 6) is 0.0826. The van der Waals surface area contributed by atoms with E-state index in [1.807, 2.05) is 18.2 Å². The summed E-state index contributed by atoms with van der Waals surface area (Å²) in [6.07, 6.45) is 0. The molecule has 0 bridgehead atoms. The first-order chi connectivity index (χ1) is 9.10. The maximum absolute atomic E-state index is 12.0. The normalized spacial score (nSPS) is 13.8. The van der Waals surface area contributed by atoms with Gasteiger partial charge in [-0.25, -0.2) is 0 Å². The molecule has 0 radical (unpaired) electrons. The third kappa shape index (κ3) is 4.74. The number of para-hydroxylation sites is 1. The highest BCUT2D eigenvalue weighted by Crippen LogP contribution is 2.15. The number of nitrogens with two attached hydrogens (primary N) is 1. The fourth-order valence-corrected chi connectivity index (χ4v) is 2.50. The Balaban J connectivity index is 2.66. The number of amides is 1. The first kappa shape index (κ1) is 15.8. The average Bonchev–Trinajstić information content (AvgIpc) is 2.44. The second kappa shape index (κ2) is 8.04. The van der Waals surface area contributed by atoms with Gasteiger partial charge in [0.1, 0.15) is 5.25 Å². The van der Waals surface area contributed by atoms with E-state index in [1.54, 1.807) is 20.1 Å². The second-order valence-electron chi connectivity index (χ2n) is 4.07. The third-order valence-corrected chi connectivity index (χ3v) is 4.32. The molecule has 1 amide bonds. The lowest BCUT2D eigenvalue weighted by atomic mass is 10.2. The van der Waals surface area contributed by atoms with Crippen LogP contribution in [0.5, 0.6) is 0 Å². The first-order valence-corrected chi connectivity index (χ1v) is 7.43. The number of methoxy groups -OCH3 is 1. The largest absolute Gasteiger partial charge is 0.384 e. The van der Waals surface area contributed by atoms with E-state index in [0.717, 1.165) is 5.56 Å². The highest BCUT2D eigenvalue weighted by atomic mass is 32.2. The zero-order chi connectivity index (χ0) is 14.3. The van der Waals surface area contributed by atoms with Crippen molar-refractivity contribution in [3.05, 3.63) is 29.8 Å². The van der Waals surface area contributed by atoms with Crippen LogP contribution in [0.25, 0.3) is 0 Å². The molecule has 106 valence electrons. The van der Waals surface area contributed by atoms with Crippen LogP contribution in [0.3, 0.4) is 0 Å². The number of carbonyl (C=O) groups excluding carboxylic acids is 1. The molecule has 0 aliphatic heterocycles. The summed E-state index contributed by atoms with van der Waals surface area (Å²) in [7, 11) is 0.296. The van der Waals surface area contributed by atoms with Gasteiger partial charge in [0.15, 0.2) is 0 Å². The summed E-state index contributed by atoms with van der Waals surface area (Å²) in [6, 6.07) is 7.31. The maximum Gasteiger partial charge on any atom is 0.239 e. The number of carbonyl (C=O) groups is 1. The van der Waals surface area contributed by atoms with Crippen molar-refractivity contribution in [1.82, 2.24) is 0 Å². The molecule has 3 N–H and O–H groups in total.